The molecule has 0 aliphatic heterocycles. The van der Waals surface area contributed by atoms with Gasteiger partial charge in [-0.2, -0.15) is 4.98 Å². The number of rotatable bonds is 7. The molecule has 2 aromatic rings. The van der Waals surface area contributed by atoms with Crippen LogP contribution >= 0.6 is 0 Å². The Hall–Kier alpha value is -1.62. The number of hydrogen-bond acceptors (Lipinski definition) is 5. The van der Waals surface area contributed by atoms with Crippen LogP contribution in [0.5, 0.6) is 0 Å². The van der Waals surface area contributed by atoms with Crippen LogP contribution in [-0.2, 0) is 6.42 Å². The van der Waals surface area contributed by atoms with Crippen LogP contribution in [0.15, 0.2) is 27.3 Å². The van der Waals surface area contributed by atoms with Crippen LogP contribution in [0.4, 0.5) is 0 Å². The Labute approximate surface area is 113 Å². The van der Waals surface area contributed by atoms with E-state index in [1.807, 2.05) is 12.1 Å². The van der Waals surface area contributed by atoms with Crippen molar-refractivity contribution in [1.29, 1.82) is 0 Å². The average Bonchev–Trinajstić information content (AvgIpc) is 2.97. The lowest BCUT2D eigenvalue weighted by Crippen LogP contribution is -2.32. The maximum Gasteiger partial charge on any atom is 0.238 e. The second-order valence-electron chi connectivity index (χ2n) is 5.08. The Balaban J connectivity index is 2.01. The Kier molecular flexibility index (Phi) is 4.74. The highest BCUT2D eigenvalue weighted by atomic mass is 16.5. The molecule has 0 radical (unpaired) electrons. The van der Waals surface area contributed by atoms with Gasteiger partial charge in [-0.1, -0.05) is 25.9 Å². The van der Waals surface area contributed by atoms with Crippen molar-refractivity contribution in [3.05, 3.63) is 24.3 Å². The first-order valence-electron chi connectivity index (χ1n) is 6.79. The van der Waals surface area contributed by atoms with E-state index >= 15 is 0 Å². The van der Waals surface area contributed by atoms with Crippen LogP contribution in [0.1, 0.15) is 33.1 Å². The molecule has 5 nitrogen and oxygen atoms in total. The van der Waals surface area contributed by atoms with Gasteiger partial charge in [0.15, 0.2) is 5.76 Å². The standard InChI is InChI=1S/C14H21N3O2/c1-4-15-11(8-10(2)3)9-13-16-14(17-19-13)12-6-5-7-18-12/h5-7,10-11,15H,4,8-9H2,1-3H3. The van der Waals surface area contributed by atoms with E-state index in [1.165, 1.54) is 0 Å². The predicted octanol–water partition coefficient (Wildman–Crippen LogP) is 2.90. The summed E-state index contributed by atoms with van der Waals surface area (Å²) < 4.78 is 10.5. The van der Waals surface area contributed by atoms with Gasteiger partial charge in [-0.15, -0.1) is 0 Å². The molecule has 0 saturated carbocycles. The number of nitrogens with one attached hydrogen (secondary N) is 1. The number of likely N-dealkylation sites (N-methyl/N-ethyl adjacent to an activating group) is 1. The Bertz CT molecular complexity index is 477. The molecule has 1 atom stereocenters. The summed E-state index contributed by atoms with van der Waals surface area (Å²) in [5.74, 6) is 2.44. The first kappa shape index (κ1) is 13.8. The van der Waals surface area contributed by atoms with Crippen LogP contribution in [-0.4, -0.2) is 22.7 Å². The van der Waals surface area contributed by atoms with E-state index in [2.05, 4.69) is 36.2 Å². The van der Waals surface area contributed by atoms with Gasteiger partial charge in [0.05, 0.1) is 6.26 Å². The fourth-order valence-electron chi connectivity index (χ4n) is 2.15. The van der Waals surface area contributed by atoms with Crippen molar-refractivity contribution in [3.63, 3.8) is 0 Å². The Morgan fingerprint density at radius 3 is 2.84 bits per heavy atom. The molecule has 1 N–H and O–H groups in total. The molecular formula is C14H21N3O2. The largest absolute Gasteiger partial charge is 0.461 e. The van der Waals surface area contributed by atoms with Gasteiger partial charge in [-0.3, -0.25) is 0 Å². The summed E-state index contributed by atoms with van der Waals surface area (Å²) in [6.45, 7) is 7.48. The molecule has 0 amide bonds. The van der Waals surface area contributed by atoms with Gasteiger partial charge in [0.2, 0.25) is 11.7 Å². The molecule has 104 valence electrons. The third-order valence-corrected chi connectivity index (χ3v) is 2.88. The quantitative estimate of drug-likeness (QED) is 0.832. The minimum atomic E-state index is 0.370. The second-order valence-corrected chi connectivity index (χ2v) is 5.08. The van der Waals surface area contributed by atoms with Crippen LogP contribution < -0.4 is 5.32 Å². The van der Waals surface area contributed by atoms with E-state index in [1.54, 1.807) is 6.26 Å². The first-order chi connectivity index (χ1) is 9.19. The van der Waals surface area contributed by atoms with E-state index in [0.29, 0.717) is 29.4 Å². The summed E-state index contributed by atoms with van der Waals surface area (Å²) in [6, 6.07) is 4.01. The second kappa shape index (κ2) is 6.52. The SMILES string of the molecule is CCNC(Cc1nc(-c2ccco2)no1)CC(C)C. The van der Waals surface area contributed by atoms with Crippen molar-refractivity contribution >= 4 is 0 Å². The predicted molar refractivity (Wildman–Crippen MR) is 72.6 cm³/mol. The van der Waals surface area contributed by atoms with Crippen molar-refractivity contribution in [3.8, 4) is 11.6 Å². The summed E-state index contributed by atoms with van der Waals surface area (Å²) >= 11 is 0. The Morgan fingerprint density at radius 2 is 2.21 bits per heavy atom. The maximum atomic E-state index is 5.29. The molecule has 0 aromatic carbocycles. The smallest absolute Gasteiger partial charge is 0.238 e. The monoisotopic (exact) mass is 263 g/mol. The van der Waals surface area contributed by atoms with Crippen LogP contribution in [0.3, 0.4) is 0 Å². The van der Waals surface area contributed by atoms with E-state index in [4.69, 9.17) is 8.94 Å². The highest BCUT2D eigenvalue weighted by Gasteiger charge is 2.16. The molecule has 0 saturated heterocycles. The van der Waals surface area contributed by atoms with Crippen molar-refractivity contribution in [2.45, 2.75) is 39.7 Å². The lowest BCUT2D eigenvalue weighted by atomic mass is 10.0. The van der Waals surface area contributed by atoms with Gasteiger partial charge in [0.25, 0.3) is 0 Å². The van der Waals surface area contributed by atoms with E-state index in [-0.39, 0.29) is 0 Å². The van der Waals surface area contributed by atoms with Crippen LogP contribution in [0, 0.1) is 5.92 Å². The summed E-state index contributed by atoms with van der Waals surface area (Å²) in [4.78, 5) is 4.37. The van der Waals surface area contributed by atoms with Gasteiger partial charge >= 0.3 is 0 Å². The van der Waals surface area contributed by atoms with Gasteiger partial charge in [0, 0.05) is 12.5 Å². The minimum absolute atomic E-state index is 0.370. The van der Waals surface area contributed by atoms with Gasteiger partial charge < -0.3 is 14.3 Å². The first-order valence-corrected chi connectivity index (χ1v) is 6.79. The van der Waals surface area contributed by atoms with Gasteiger partial charge in [-0.25, -0.2) is 0 Å². The molecule has 0 aliphatic carbocycles. The molecule has 2 rings (SSSR count). The van der Waals surface area contributed by atoms with Crippen molar-refractivity contribution < 1.29 is 8.94 Å². The molecule has 0 fully saturated rings. The normalized spacial score (nSPS) is 13.1. The molecule has 0 spiro atoms. The third-order valence-electron chi connectivity index (χ3n) is 2.88. The zero-order valence-electron chi connectivity index (χ0n) is 11.7. The van der Waals surface area contributed by atoms with Gasteiger partial charge in [0.1, 0.15) is 0 Å². The molecule has 2 aromatic heterocycles. The molecule has 1 unspecified atom stereocenters. The van der Waals surface area contributed by atoms with Gasteiger partial charge in [-0.05, 0) is 31.0 Å². The van der Waals surface area contributed by atoms with Crippen LogP contribution in [0.25, 0.3) is 11.6 Å². The highest BCUT2D eigenvalue weighted by Crippen LogP contribution is 2.17. The van der Waals surface area contributed by atoms with E-state index in [9.17, 15) is 0 Å². The fourth-order valence-corrected chi connectivity index (χ4v) is 2.15. The lowest BCUT2D eigenvalue weighted by Gasteiger charge is -2.17. The minimum Gasteiger partial charge on any atom is -0.461 e. The molecule has 5 heteroatoms. The maximum absolute atomic E-state index is 5.29. The number of hydrogen-bond donors (Lipinski definition) is 1. The average molecular weight is 263 g/mol. The third kappa shape index (κ3) is 3.92. The fraction of sp³-hybridized carbons (Fsp3) is 0.571. The summed E-state index contributed by atoms with van der Waals surface area (Å²) in [7, 11) is 0. The lowest BCUT2D eigenvalue weighted by molar-refractivity contribution is 0.340. The highest BCUT2D eigenvalue weighted by molar-refractivity contribution is 5.44. The zero-order valence-corrected chi connectivity index (χ0v) is 11.7. The summed E-state index contributed by atoms with van der Waals surface area (Å²) in [5, 5.41) is 7.40. The Morgan fingerprint density at radius 1 is 1.37 bits per heavy atom. The van der Waals surface area contributed by atoms with Crippen molar-refractivity contribution in [1.82, 2.24) is 15.5 Å². The molecular weight excluding hydrogens is 242 g/mol. The number of aromatic nitrogens is 2. The van der Waals surface area contributed by atoms with E-state index in [0.717, 1.165) is 19.4 Å². The molecule has 2 heterocycles. The van der Waals surface area contributed by atoms with Crippen LogP contribution in [0.2, 0.25) is 0 Å². The molecule has 0 bridgehead atoms. The summed E-state index contributed by atoms with van der Waals surface area (Å²) in [6.07, 6.45) is 3.44. The molecule has 0 aliphatic rings. The summed E-state index contributed by atoms with van der Waals surface area (Å²) in [5.41, 5.74) is 0. The molecule has 19 heavy (non-hydrogen) atoms. The topological polar surface area (TPSA) is 64.1 Å². The van der Waals surface area contributed by atoms with Crippen molar-refractivity contribution in [2.75, 3.05) is 6.54 Å². The van der Waals surface area contributed by atoms with E-state index < -0.39 is 0 Å². The number of nitrogens with zero attached hydrogens (tertiary/aromatic N) is 2. The number of furan rings is 1. The zero-order chi connectivity index (χ0) is 13.7. The van der Waals surface area contributed by atoms with Crippen molar-refractivity contribution in [2.24, 2.45) is 5.92 Å².